The van der Waals surface area contributed by atoms with Crippen molar-refractivity contribution in [1.29, 1.82) is 0 Å². The molecule has 0 aliphatic heterocycles. The van der Waals surface area contributed by atoms with E-state index in [4.69, 9.17) is 10.8 Å². The van der Waals surface area contributed by atoms with Crippen molar-refractivity contribution in [1.82, 2.24) is 4.98 Å². The van der Waals surface area contributed by atoms with Gasteiger partial charge in [-0.1, -0.05) is 6.08 Å². The lowest BCUT2D eigenvalue weighted by molar-refractivity contribution is 0.303. The van der Waals surface area contributed by atoms with Crippen LogP contribution < -0.4 is 5.73 Å². The van der Waals surface area contributed by atoms with E-state index in [0.717, 1.165) is 11.3 Å². The number of pyridine rings is 1. The second-order valence-corrected chi connectivity index (χ2v) is 2.90. The van der Waals surface area contributed by atoms with Crippen LogP contribution in [0.4, 0.5) is 5.69 Å². The van der Waals surface area contributed by atoms with E-state index in [0.29, 0.717) is 12.1 Å². The van der Waals surface area contributed by atoms with Crippen LogP contribution in [-0.2, 0) is 0 Å². The minimum atomic E-state index is 0.155. The van der Waals surface area contributed by atoms with E-state index in [2.05, 4.69) is 4.98 Å². The molecule has 0 amide bonds. The minimum absolute atomic E-state index is 0.155. The van der Waals surface area contributed by atoms with Crippen molar-refractivity contribution >= 4 is 11.8 Å². The molecule has 0 atom stereocenters. The third-order valence-corrected chi connectivity index (χ3v) is 1.66. The van der Waals surface area contributed by atoms with Crippen molar-refractivity contribution in [2.75, 3.05) is 12.3 Å². The fourth-order valence-electron chi connectivity index (χ4n) is 1.01. The number of rotatable bonds is 3. The summed E-state index contributed by atoms with van der Waals surface area (Å²) in [5, 5.41) is 8.55. The van der Waals surface area contributed by atoms with Gasteiger partial charge in [0.05, 0.1) is 11.4 Å². The number of hydrogen-bond acceptors (Lipinski definition) is 3. The first-order valence-corrected chi connectivity index (χ1v) is 4.23. The van der Waals surface area contributed by atoms with Crippen molar-refractivity contribution in [3.8, 4) is 0 Å². The molecule has 3 heteroatoms. The zero-order valence-electron chi connectivity index (χ0n) is 7.70. The highest BCUT2D eigenvalue weighted by atomic mass is 16.2. The molecule has 0 spiro atoms. The highest BCUT2D eigenvalue weighted by molar-refractivity contribution is 5.60. The molecule has 0 unspecified atom stereocenters. The Bertz CT molecular complexity index is 308. The van der Waals surface area contributed by atoms with Crippen molar-refractivity contribution in [2.45, 2.75) is 13.3 Å². The number of aryl methyl sites for hydroxylation is 1. The summed E-state index contributed by atoms with van der Waals surface area (Å²) in [6.45, 7) is 2.10. The first-order chi connectivity index (χ1) is 6.24. The Morgan fingerprint density at radius 2 is 2.38 bits per heavy atom. The van der Waals surface area contributed by atoms with Crippen LogP contribution in [-0.4, -0.2) is 16.7 Å². The van der Waals surface area contributed by atoms with E-state index in [9.17, 15) is 0 Å². The predicted molar refractivity (Wildman–Crippen MR) is 54.1 cm³/mol. The summed E-state index contributed by atoms with van der Waals surface area (Å²) in [4.78, 5) is 4.16. The number of anilines is 1. The van der Waals surface area contributed by atoms with Gasteiger partial charge in [0.2, 0.25) is 0 Å². The lowest BCUT2D eigenvalue weighted by Crippen LogP contribution is -1.93. The Hall–Kier alpha value is -1.35. The summed E-state index contributed by atoms with van der Waals surface area (Å²) < 4.78 is 0. The molecule has 0 aliphatic carbocycles. The minimum Gasteiger partial charge on any atom is -0.397 e. The van der Waals surface area contributed by atoms with Gasteiger partial charge in [0.1, 0.15) is 0 Å². The molecule has 13 heavy (non-hydrogen) atoms. The lowest BCUT2D eigenvalue weighted by Gasteiger charge is -1.99. The maximum Gasteiger partial charge on any atom is 0.0855 e. The standard InChI is InChI=1S/C10H14N2O/c1-8-6-9(11)10(12-7-8)4-2-3-5-13/h2,4,6-7,13H,3,5,11H2,1H3. The van der Waals surface area contributed by atoms with Gasteiger partial charge in [-0.25, -0.2) is 0 Å². The van der Waals surface area contributed by atoms with Crippen LogP contribution in [0.5, 0.6) is 0 Å². The molecule has 0 saturated heterocycles. The Balaban J connectivity index is 2.77. The smallest absolute Gasteiger partial charge is 0.0855 e. The van der Waals surface area contributed by atoms with Crippen LogP contribution in [0.3, 0.4) is 0 Å². The largest absolute Gasteiger partial charge is 0.397 e. The Kier molecular flexibility index (Phi) is 3.46. The molecule has 0 fully saturated rings. The summed E-state index contributed by atoms with van der Waals surface area (Å²) in [6.07, 6.45) is 6.09. The van der Waals surface area contributed by atoms with Gasteiger partial charge in [-0.05, 0) is 31.1 Å². The van der Waals surface area contributed by atoms with E-state index in [1.54, 1.807) is 6.20 Å². The zero-order valence-corrected chi connectivity index (χ0v) is 7.70. The van der Waals surface area contributed by atoms with Gasteiger partial charge >= 0.3 is 0 Å². The summed E-state index contributed by atoms with van der Waals surface area (Å²) in [5.74, 6) is 0. The summed E-state index contributed by atoms with van der Waals surface area (Å²) in [5.41, 5.74) is 8.22. The van der Waals surface area contributed by atoms with Crippen molar-refractivity contribution in [3.05, 3.63) is 29.6 Å². The normalized spacial score (nSPS) is 10.9. The third kappa shape index (κ3) is 2.87. The summed E-state index contributed by atoms with van der Waals surface area (Å²) in [7, 11) is 0. The first kappa shape index (κ1) is 9.74. The first-order valence-electron chi connectivity index (χ1n) is 4.23. The van der Waals surface area contributed by atoms with Gasteiger partial charge < -0.3 is 10.8 Å². The zero-order chi connectivity index (χ0) is 9.68. The maximum atomic E-state index is 8.55. The molecule has 1 heterocycles. The number of hydrogen-bond donors (Lipinski definition) is 2. The highest BCUT2D eigenvalue weighted by Gasteiger charge is 1.95. The molecule has 1 rings (SSSR count). The Morgan fingerprint density at radius 1 is 1.62 bits per heavy atom. The van der Waals surface area contributed by atoms with Gasteiger partial charge in [0, 0.05) is 12.8 Å². The molecule has 3 N–H and O–H groups in total. The molecule has 0 aromatic carbocycles. The number of nitrogens with zero attached hydrogens (tertiary/aromatic N) is 1. The Labute approximate surface area is 77.9 Å². The molecule has 70 valence electrons. The summed E-state index contributed by atoms with van der Waals surface area (Å²) in [6, 6.07) is 1.88. The van der Waals surface area contributed by atoms with Gasteiger partial charge in [-0.2, -0.15) is 0 Å². The summed E-state index contributed by atoms with van der Waals surface area (Å²) >= 11 is 0. The van der Waals surface area contributed by atoms with E-state index in [1.807, 2.05) is 25.1 Å². The number of aliphatic hydroxyl groups excluding tert-OH is 1. The van der Waals surface area contributed by atoms with Gasteiger partial charge in [0.15, 0.2) is 0 Å². The highest BCUT2D eigenvalue weighted by Crippen LogP contribution is 2.11. The van der Waals surface area contributed by atoms with Crippen LogP contribution in [0.1, 0.15) is 17.7 Å². The molecule has 0 aliphatic rings. The molecule has 0 saturated carbocycles. The number of nitrogen functional groups attached to an aromatic ring is 1. The Morgan fingerprint density at radius 3 is 3.00 bits per heavy atom. The van der Waals surface area contributed by atoms with E-state index >= 15 is 0 Å². The van der Waals surface area contributed by atoms with Crippen LogP contribution in [0.2, 0.25) is 0 Å². The maximum absolute atomic E-state index is 8.55. The van der Waals surface area contributed by atoms with E-state index in [1.165, 1.54) is 0 Å². The van der Waals surface area contributed by atoms with Crippen molar-refractivity contribution < 1.29 is 5.11 Å². The van der Waals surface area contributed by atoms with E-state index < -0.39 is 0 Å². The van der Waals surface area contributed by atoms with Gasteiger partial charge in [-0.15, -0.1) is 0 Å². The fourth-order valence-corrected chi connectivity index (χ4v) is 1.01. The molecule has 1 aromatic heterocycles. The fraction of sp³-hybridized carbons (Fsp3) is 0.300. The molecular weight excluding hydrogens is 164 g/mol. The average molecular weight is 178 g/mol. The van der Waals surface area contributed by atoms with Crippen molar-refractivity contribution in [3.63, 3.8) is 0 Å². The quantitative estimate of drug-likeness (QED) is 0.734. The lowest BCUT2D eigenvalue weighted by atomic mass is 10.2. The number of nitrogens with two attached hydrogens (primary N) is 1. The van der Waals surface area contributed by atoms with Gasteiger partial charge in [0.25, 0.3) is 0 Å². The van der Waals surface area contributed by atoms with Crippen molar-refractivity contribution in [2.24, 2.45) is 0 Å². The number of aliphatic hydroxyl groups is 1. The van der Waals surface area contributed by atoms with E-state index in [-0.39, 0.29) is 6.61 Å². The van der Waals surface area contributed by atoms with Gasteiger partial charge in [-0.3, -0.25) is 4.98 Å². The molecule has 0 bridgehead atoms. The molecule has 3 nitrogen and oxygen atoms in total. The van der Waals surface area contributed by atoms with Crippen LogP contribution in [0, 0.1) is 6.92 Å². The predicted octanol–water partition coefficient (Wildman–Crippen LogP) is 1.37. The second kappa shape index (κ2) is 4.62. The average Bonchev–Trinajstić information content (AvgIpc) is 2.09. The van der Waals surface area contributed by atoms with Crippen LogP contribution >= 0.6 is 0 Å². The van der Waals surface area contributed by atoms with Crippen LogP contribution in [0.15, 0.2) is 18.3 Å². The SMILES string of the molecule is Cc1cnc(C=CCCO)c(N)c1. The second-order valence-electron chi connectivity index (χ2n) is 2.90. The van der Waals surface area contributed by atoms with Crippen LogP contribution in [0.25, 0.3) is 6.08 Å². The molecule has 0 radical (unpaired) electrons. The molecule has 1 aromatic rings. The third-order valence-electron chi connectivity index (χ3n) is 1.66. The monoisotopic (exact) mass is 178 g/mol. The number of aromatic nitrogens is 1. The molecular formula is C10H14N2O. The topological polar surface area (TPSA) is 59.1 Å².